The molecule has 1 aliphatic heterocycles. The molecule has 1 heterocycles. The van der Waals surface area contributed by atoms with Crippen LogP contribution in [0.5, 0.6) is 0 Å². The standard InChI is InChI=1S/C14H34N3P/c1-6-10-18(5)11-9-14(18)17(16-4)13(3)8-7-12(2)15/h12-14,16,18H,6-11,15H2,1-5H3. The molecule has 1 rings (SSSR count). The molecule has 1 fully saturated rings. The molecule has 0 aliphatic carbocycles. The summed E-state index contributed by atoms with van der Waals surface area (Å²) in [6.45, 7) is 9.37. The van der Waals surface area contributed by atoms with Gasteiger partial charge in [-0.1, -0.05) is 0 Å². The first kappa shape index (κ1) is 16.4. The summed E-state index contributed by atoms with van der Waals surface area (Å²) in [7, 11) is 1.09. The summed E-state index contributed by atoms with van der Waals surface area (Å²) in [6, 6.07) is 0.932. The Bertz CT molecular complexity index is 247. The Morgan fingerprint density at radius 3 is 2.44 bits per heavy atom. The molecule has 0 aromatic heterocycles. The zero-order valence-corrected chi connectivity index (χ0v) is 14.0. The molecule has 3 nitrogen and oxygen atoms in total. The van der Waals surface area contributed by atoms with Gasteiger partial charge >= 0.3 is 114 Å². The summed E-state index contributed by atoms with van der Waals surface area (Å²) >= 11 is 0. The van der Waals surface area contributed by atoms with Crippen LogP contribution >= 0.6 is 7.26 Å². The quantitative estimate of drug-likeness (QED) is 0.528. The van der Waals surface area contributed by atoms with Crippen LogP contribution in [0, 0.1) is 0 Å². The molecular formula is C14H34N3P. The Morgan fingerprint density at radius 1 is 1.39 bits per heavy atom. The van der Waals surface area contributed by atoms with E-state index in [0.717, 1.165) is 12.2 Å². The minimum atomic E-state index is -0.997. The molecule has 0 aromatic carbocycles. The molecule has 0 amide bonds. The van der Waals surface area contributed by atoms with Crippen LogP contribution in [0.3, 0.4) is 0 Å². The Morgan fingerprint density at radius 2 is 2.06 bits per heavy atom. The number of rotatable bonds is 8. The number of nitrogens with zero attached hydrogens (tertiary/aromatic N) is 1. The molecule has 3 unspecified atom stereocenters. The van der Waals surface area contributed by atoms with Crippen LogP contribution in [0.1, 0.15) is 46.5 Å². The van der Waals surface area contributed by atoms with Crippen LogP contribution in [-0.4, -0.2) is 48.9 Å². The Hall–Kier alpha value is 0.310. The molecule has 3 atom stereocenters. The van der Waals surface area contributed by atoms with Gasteiger partial charge in [-0.2, -0.15) is 0 Å². The second-order valence-electron chi connectivity index (χ2n) is 6.49. The van der Waals surface area contributed by atoms with Gasteiger partial charge in [0.1, 0.15) is 0 Å². The SMILES string of the molecule is CCC[PH]1(C)CCC1N(NC)C(C)CCC(C)N. The third-order valence-corrected chi connectivity index (χ3v) is 9.97. The molecule has 110 valence electrons. The van der Waals surface area contributed by atoms with Crippen molar-refractivity contribution in [1.29, 1.82) is 0 Å². The molecule has 0 spiro atoms. The topological polar surface area (TPSA) is 41.3 Å². The second kappa shape index (κ2) is 7.19. The van der Waals surface area contributed by atoms with Gasteiger partial charge in [0.05, 0.1) is 0 Å². The molecular weight excluding hydrogens is 241 g/mol. The van der Waals surface area contributed by atoms with E-state index in [2.05, 4.69) is 44.9 Å². The normalized spacial score (nSPS) is 27.6. The van der Waals surface area contributed by atoms with Crippen molar-refractivity contribution in [1.82, 2.24) is 10.4 Å². The summed E-state index contributed by atoms with van der Waals surface area (Å²) in [5.74, 6) is 0.838. The van der Waals surface area contributed by atoms with Crippen molar-refractivity contribution in [2.45, 2.75) is 64.3 Å². The van der Waals surface area contributed by atoms with E-state index >= 15 is 0 Å². The molecule has 0 saturated carbocycles. The van der Waals surface area contributed by atoms with Crippen molar-refractivity contribution in [2.75, 3.05) is 26.0 Å². The van der Waals surface area contributed by atoms with E-state index in [-0.39, 0.29) is 0 Å². The summed E-state index contributed by atoms with van der Waals surface area (Å²) in [5.41, 5.74) is 9.34. The van der Waals surface area contributed by atoms with Crippen LogP contribution in [-0.2, 0) is 0 Å². The van der Waals surface area contributed by atoms with E-state index in [1.54, 1.807) is 0 Å². The number of hydrazine groups is 1. The molecule has 1 aliphatic rings. The van der Waals surface area contributed by atoms with E-state index in [1.807, 2.05) is 0 Å². The van der Waals surface area contributed by atoms with E-state index in [4.69, 9.17) is 5.73 Å². The van der Waals surface area contributed by atoms with E-state index in [0.29, 0.717) is 12.1 Å². The molecule has 1 saturated heterocycles. The maximum absolute atomic E-state index is 5.88. The predicted molar refractivity (Wildman–Crippen MR) is 85.9 cm³/mol. The summed E-state index contributed by atoms with van der Waals surface area (Å²) < 4.78 is 0. The van der Waals surface area contributed by atoms with Crippen molar-refractivity contribution in [3.05, 3.63) is 0 Å². The Labute approximate surface area is 114 Å². The van der Waals surface area contributed by atoms with Gasteiger partial charge in [0.2, 0.25) is 0 Å². The van der Waals surface area contributed by atoms with Crippen LogP contribution in [0.15, 0.2) is 0 Å². The number of nitrogens with one attached hydrogen (secondary N) is 1. The summed E-state index contributed by atoms with van der Waals surface area (Å²) in [5, 5.41) is 2.55. The fourth-order valence-corrected chi connectivity index (χ4v) is 7.74. The number of hydrogen-bond donors (Lipinski definition) is 2. The minimum absolute atomic E-state index is 0.326. The van der Waals surface area contributed by atoms with Crippen LogP contribution in [0.2, 0.25) is 0 Å². The second-order valence-corrected chi connectivity index (χ2v) is 11.5. The Kier molecular flexibility index (Phi) is 6.54. The first-order valence-corrected chi connectivity index (χ1v) is 10.6. The molecule has 0 bridgehead atoms. The monoisotopic (exact) mass is 275 g/mol. The summed E-state index contributed by atoms with van der Waals surface area (Å²) in [4.78, 5) is 0. The third-order valence-electron chi connectivity index (χ3n) is 4.72. The van der Waals surface area contributed by atoms with Gasteiger partial charge in [0.15, 0.2) is 0 Å². The van der Waals surface area contributed by atoms with Crippen molar-refractivity contribution in [3.8, 4) is 0 Å². The van der Waals surface area contributed by atoms with Gasteiger partial charge < -0.3 is 0 Å². The van der Waals surface area contributed by atoms with Crippen LogP contribution in [0.4, 0.5) is 0 Å². The molecule has 18 heavy (non-hydrogen) atoms. The Balaban J connectivity index is 2.55. The van der Waals surface area contributed by atoms with E-state index < -0.39 is 7.26 Å². The molecule has 0 radical (unpaired) electrons. The van der Waals surface area contributed by atoms with E-state index in [1.165, 1.54) is 31.6 Å². The average Bonchev–Trinajstić information content (AvgIpc) is 2.31. The van der Waals surface area contributed by atoms with Gasteiger partial charge in [-0.3, -0.25) is 0 Å². The van der Waals surface area contributed by atoms with Gasteiger partial charge in [0.25, 0.3) is 0 Å². The fourth-order valence-electron chi connectivity index (χ4n) is 3.43. The fraction of sp³-hybridized carbons (Fsp3) is 1.00. The van der Waals surface area contributed by atoms with E-state index in [9.17, 15) is 0 Å². The molecule has 4 heteroatoms. The zero-order valence-electron chi connectivity index (χ0n) is 13.0. The van der Waals surface area contributed by atoms with Crippen molar-refractivity contribution in [3.63, 3.8) is 0 Å². The third kappa shape index (κ3) is 3.90. The van der Waals surface area contributed by atoms with Gasteiger partial charge in [-0.15, -0.1) is 0 Å². The van der Waals surface area contributed by atoms with Crippen LogP contribution < -0.4 is 11.2 Å². The van der Waals surface area contributed by atoms with Crippen molar-refractivity contribution < 1.29 is 0 Å². The first-order valence-electron chi connectivity index (χ1n) is 7.66. The predicted octanol–water partition coefficient (Wildman–Crippen LogP) is 2.46. The average molecular weight is 275 g/mol. The van der Waals surface area contributed by atoms with Gasteiger partial charge in [-0.25, -0.2) is 0 Å². The molecule has 3 N–H and O–H groups in total. The maximum atomic E-state index is 5.88. The van der Waals surface area contributed by atoms with Crippen molar-refractivity contribution in [2.24, 2.45) is 5.73 Å². The first-order chi connectivity index (χ1) is 8.44. The number of nitrogens with two attached hydrogens (primary N) is 1. The zero-order chi connectivity index (χ0) is 13.8. The van der Waals surface area contributed by atoms with Gasteiger partial charge in [0, 0.05) is 0 Å². The summed E-state index contributed by atoms with van der Waals surface area (Å²) in [6.07, 6.45) is 8.07. The van der Waals surface area contributed by atoms with Crippen molar-refractivity contribution >= 4 is 7.26 Å². The molecule has 0 aromatic rings. The number of hydrogen-bond acceptors (Lipinski definition) is 3. The van der Waals surface area contributed by atoms with Crippen LogP contribution in [0.25, 0.3) is 0 Å². The van der Waals surface area contributed by atoms with Gasteiger partial charge in [-0.05, 0) is 0 Å².